The molecule has 0 aliphatic carbocycles. The predicted molar refractivity (Wildman–Crippen MR) is 58.4 cm³/mol. The first-order valence-corrected chi connectivity index (χ1v) is 5.02. The Kier molecular flexibility index (Phi) is 3.74. The van der Waals surface area contributed by atoms with Crippen molar-refractivity contribution in [2.24, 2.45) is 0 Å². The van der Waals surface area contributed by atoms with Crippen LogP contribution < -0.4 is 10.5 Å². The highest BCUT2D eigenvalue weighted by atomic mass is 16.5. The van der Waals surface area contributed by atoms with E-state index in [1.54, 1.807) is 6.20 Å². The highest BCUT2D eigenvalue weighted by Gasteiger charge is 2.06. The van der Waals surface area contributed by atoms with Gasteiger partial charge >= 0.3 is 0 Å². The van der Waals surface area contributed by atoms with Gasteiger partial charge in [-0.3, -0.25) is 0 Å². The molecule has 1 atom stereocenters. The maximum atomic E-state index is 5.67. The van der Waals surface area contributed by atoms with Crippen molar-refractivity contribution in [2.75, 3.05) is 5.73 Å². The minimum Gasteiger partial charge on any atom is -0.474 e. The number of nitrogens with zero attached hydrogens (tertiary/aromatic N) is 1. The van der Waals surface area contributed by atoms with E-state index in [1.165, 1.54) is 0 Å². The van der Waals surface area contributed by atoms with Crippen LogP contribution in [0.5, 0.6) is 5.88 Å². The highest BCUT2D eigenvalue weighted by molar-refractivity contribution is 5.41. The third-order valence-electron chi connectivity index (χ3n) is 2.06. The Labute approximate surface area is 85.3 Å². The number of hydrogen-bond acceptors (Lipinski definition) is 3. The number of hydrogen-bond donors (Lipinski definition) is 1. The van der Waals surface area contributed by atoms with E-state index in [-0.39, 0.29) is 6.10 Å². The average molecular weight is 194 g/mol. The molecular weight excluding hydrogens is 176 g/mol. The second kappa shape index (κ2) is 4.84. The summed E-state index contributed by atoms with van der Waals surface area (Å²) < 4.78 is 5.67. The molecule has 0 saturated carbocycles. The lowest BCUT2D eigenvalue weighted by atomic mass is 10.2. The van der Waals surface area contributed by atoms with Crippen LogP contribution in [0, 0.1) is 6.92 Å². The zero-order chi connectivity index (χ0) is 10.6. The van der Waals surface area contributed by atoms with Crippen molar-refractivity contribution >= 4 is 5.69 Å². The summed E-state index contributed by atoms with van der Waals surface area (Å²) in [6.45, 7) is 6.15. The lowest BCUT2D eigenvalue weighted by molar-refractivity contribution is 0.200. The van der Waals surface area contributed by atoms with Crippen molar-refractivity contribution in [3.8, 4) is 5.88 Å². The third-order valence-corrected chi connectivity index (χ3v) is 2.06. The van der Waals surface area contributed by atoms with Gasteiger partial charge in [0.2, 0.25) is 5.88 Å². The molecule has 2 N–H and O–H groups in total. The number of pyridine rings is 1. The summed E-state index contributed by atoms with van der Waals surface area (Å²) in [5, 5.41) is 0. The van der Waals surface area contributed by atoms with Crippen LogP contribution >= 0.6 is 0 Å². The largest absolute Gasteiger partial charge is 0.474 e. The van der Waals surface area contributed by atoms with Crippen LogP contribution in [0.1, 0.15) is 32.3 Å². The molecule has 0 radical (unpaired) electrons. The summed E-state index contributed by atoms with van der Waals surface area (Å²) in [6.07, 6.45) is 4.01. The number of aromatic nitrogens is 1. The Hall–Kier alpha value is -1.25. The smallest absolute Gasteiger partial charge is 0.216 e. The fraction of sp³-hybridized carbons (Fsp3) is 0.545. The van der Waals surface area contributed by atoms with Gasteiger partial charge in [-0.15, -0.1) is 0 Å². The van der Waals surface area contributed by atoms with Crippen molar-refractivity contribution in [1.29, 1.82) is 0 Å². The van der Waals surface area contributed by atoms with Crippen molar-refractivity contribution in [2.45, 2.75) is 39.7 Å². The number of rotatable bonds is 4. The van der Waals surface area contributed by atoms with E-state index in [1.807, 2.05) is 13.0 Å². The van der Waals surface area contributed by atoms with Gasteiger partial charge in [0, 0.05) is 5.56 Å². The first-order chi connectivity index (χ1) is 6.63. The molecular formula is C11H18N2O. The molecule has 1 unspecified atom stereocenters. The molecule has 0 spiro atoms. The Morgan fingerprint density at radius 2 is 2.29 bits per heavy atom. The van der Waals surface area contributed by atoms with E-state index in [2.05, 4.69) is 18.8 Å². The second-order valence-electron chi connectivity index (χ2n) is 3.61. The Bertz CT molecular complexity index is 299. The molecule has 0 fully saturated rings. The van der Waals surface area contributed by atoms with E-state index in [4.69, 9.17) is 10.5 Å². The van der Waals surface area contributed by atoms with Crippen LogP contribution in [-0.2, 0) is 0 Å². The number of aryl methyl sites for hydroxylation is 1. The monoisotopic (exact) mass is 194 g/mol. The van der Waals surface area contributed by atoms with Gasteiger partial charge in [0.1, 0.15) is 0 Å². The van der Waals surface area contributed by atoms with E-state index in [0.29, 0.717) is 11.6 Å². The highest BCUT2D eigenvalue weighted by Crippen LogP contribution is 2.18. The van der Waals surface area contributed by atoms with Crippen molar-refractivity contribution in [1.82, 2.24) is 4.98 Å². The summed E-state index contributed by atoms with van der Waals surface area (Å²) in [7, 11) is 0. The van der Waals surface area contributed by atoms with Crippen LogP contribution in [0.2, 0.25) is 0 Å². The molecule has 0 amide bonds. The van der Waals surface area contributed by atoms with E-state index in [9.17, 15) is 0 Å². The van der Waals surface area contributed by atoms with Crippen LogP contribution in [0.25, 0.3) is 0 Å². The Morgan fingerprint density at radius 1 is 1.57 bits per heavy atom. The van der Waals surface area contributed by atoms with Gasteiger partial charge in [0.25, 0.3) is 0 Å². The molecule has 0 bridgehead atoms. The molecule has 0 aliphatic rings. The van der Waals surface area contributed by atoms with Crippen molar-refractivity contribution in [3.63, 3.8) is 0 Å². The quantitative estimate of drug-likeness (QED) is 0.801. The number of ether oxygens (including phenoxy) is 1. The van der Waals surface area contributed by atoms with Crippen molar-refractivity contribution in [3.05, 3.63) is 17.8 Å². The molecule has 0 saturated heterocycles. The Balaban J connectivity index is 2.67. The summed E-state index contributed by atoms with van der Waals surface area (Å²) in [5.74, 6) is 0.695. The molecule has 78 valence electrons. The molecule has 1 aromatic heterocycles. The maximum Gasteiger partial charge on any atom is 0.216 e. The van der Waals surface area contributed by atoms with Gasteiger partial charge in [-0.1, -0.05) is 13.3 Å². The lowest BCUT2D eigenvalue weighted by Gasteiger charge is -2.14. The average Bonchev–Trinajstić information content (AvgIpc) is 2.10. The Morgan fingerprint density at radius 3 is 2.86 bits per heavy atom. The molecule has 1 heterocycles. The van der Waals surface area contributed by atoms with Gasteiger partial charge in [-0.05, 0) is 26.3 Å². The standard InChI is InChI=1S/C11H18N2O/c1-4-5-9(3)14-11-8(2)6-10(12)7-13-11/h6-7,9H,4-5,12H2,1-3H3. The first kappa shape index (κ1) is 10.8. The predicted octanol–water partition coefficient (Wildman–Crippen LogP) is 2.54. The minimum absolute atomic E-state index is 0.217. The summed E-state index contributed by atoms with van der Waals surface area (Å²) in [6, 6.07) is 1.88. The molecule has 3 heteroatoms. The molecule has 1 aromatic rings. The lowest BCUT2D eigenvalue weighted by Crippen LogP contribution is -2.12. The topological polar surface area (TPSA) is 48.1 Å². The third kappa shape index (κ3) is 2.91. The van der Waals surface area contributed by atoms with Crippen LogP contribution in [-0.4, -0.2) is 11.1 Å². The summed E-state index contributed by atoms with van der Waals surface area (Å²) in [4.78, 5) is 4.15. The fourth-order valence-corrected chi connectivity index (χ4v) is 1.36. The van der Waals surface area contributed by atoms with Crippen LogP contribution in [0.4, 0.5) is 5.69 Å². The minimum atomic E-state index is 0.217. The molecule has 14 heavy (non-hydrogen) atoms. The molecule has 0 aliphatic heterocycles. The molecule has 1 rings (SSSR count). The number of nitrogen functional groups attached to an aromatic ring is 1. The van der Waals surface area contributed by atoms with Gasteiger partial charge in [-0.2, -0.15) is 0 Å². The van der Waals surface area contributed by atoms with E-state index in [0.717, 1.165) is 18.4 Å². The number of nitrogens with two attached hydrogens (primary N) is 1. The van der Waals surface area contributed by atoms with Gasteiger partial charge < -0.3 is 10.5 Å². The SMILES string of the molecule is CCCC(C)Oc1ncc(N)cc1C. The maximum absolute atomic E-state index is 5.67. The normalized spacial score (nSPS) is 12.5. The van der Waals surface area contributed by atoms with E-state index >= 15 is 0 Å². The van der Waals surface area contributed by atoms with Gasteiger partial charge in [0.05, 0.1) is 18.0 Å². The number of anilines is 1. The second-order valence-corrected chi connectivity index (χ2v) is 3.61. The summed E-state index contributed by atoms with van der Waals surface area (Å²) >= 11 is 0. The summed E-state index contributed by atoms with van der Waals surface area (Å²) in [5.41, 5.74) is 7.27. The first-order valence-electron chi connectivity index (χ1n) is 5.02. The molecule has 0 aromatic carbocycles. The van der Waals surface area contributed by atoms with Gasteiger partial charge in [-0.25, -0.2) is 4.98 Å². The van der Waals surface area contributed by atoms with Crippen molar-refractivity contribution < 1.29 is 4.74 Å². The van der Waals surface area contributed by atoms with E-state index < -0.39 is 0 Å². The zero-order valence-corrected chi connectivity index (χ0v) is 9.08. The van der Waals surface area contributed by atoms with Gasteiger partial charge in [0.15, 0.2) is 0 Å². The van der Waals surface area contributed by atoms with Crippen LogP contribution in [0.15, 0.2) is 12.3 Å². The fourth-order valence-electron chi connectivity index (χ4n) is 1.36. The van der Waals surface area contributed by atoms with Crippen LogP contribution in [0.3, 0.4) is 0 Å². The molecule has 3 nitrogen and oxygen atoms in total. The zero-order valence-electron chi connectivity index (χ0n) is 9.08.